The van der Waals surface area contributed by atoms with Crippen LogP contribution < -0.4 is 0 Å². The molecule has 0 amide bonds. The maximum absolute atomic E-state index is 12.4. The summed E-state index contributed by atoms with van der Waals surface area (Å²) in [5, 5.41) is 9.96. The Hall–Kier alpha value is -0.630. The molecule has 4 aliphatic carbocycles. The maximum Gasteiger partial charge on any atom is 0.139 e. The Kier molecular flexibility index (Phi) is 2.96. The van der Waals surface area contributed by atoms with Crippen molar-refractivity contribution in [3.63, 3.8) is 0 Å². The summed E-state index contributed by atoms with van der Waals surface area (Å²) in [6.45, 7) is 4.70. The number of Topliss-reactive ketones (excluding diaryl/α,β-unsaturated/α-hetero) is 1. The molecular formula is C19H28O2. The van der Waals surface area contributed by atoms with Crippen molar-refractivity contribution in [2.75, 3.05) is 0 Å². The van der Waals surface area contributed by atoms with Gasteiger partial charge < -0.3 is 5.11 Å². The van der Waals surface area contributed by atoms with Crippen molar-refractivity contribution in [1.29, 1.82) is 0 Å². The molecule has 1 N–H and O–H groups in total. The van der Waals surface area contributed by atoms with E-state index >= 15 is 0 Å². The summed E-state index contributed by atoms with van der Waals surface area (Å²) in [6, 6.07) is 0. The number of carbonyl (C=O) groups excluding carboxylic acids is 1. The van der Waals surface area contributed by atoms with E-state index in [1.807, 2.05) is 0 Å². The minimum absolute atomic E-state index is 0.00702. The number of fused-ring (bicyclic) bond motifs is 5. The Bertz CT molecular complexity index is 508. The molecule has 0 aromatic carbocycles. The Morgan fingerprint density at radius 1 is 1.00 bits per heavy atom. The van der Waals surface area contributed by atoms with E-state index in [-0.39, 0.29) is 11.5 Å². The predicted octanol–water partition coefficient (Wildman–Crippen LogP) is 3.88. The zero-order valence-electron chi connectivity index (χ0n) is 13.4. The van der Waals surface area contributed by atoms with E-state index in [0.717, 1.165) is 50.4 Å². The van der Waals surface area contributed by atoms with Gasteiger partial charge in [-0.25, -0.2) is 0 Å². The summed E-state index contributed by atoms with van der Waals surface area (Å²) in [5.41, 5.74) is 1.82. The lowest BCUT2D eigenvalue weighted by Gasteiger charge is -2.57. The second kappa shape index (κ2) is 4.44. The third-order valence-corrected chi connectivity index (χ3v) is 7.80. The Morgan fingerprint density at radius 3 is 2.52 bits per heavy atom. The zero-order chi connectivity index (χ0) is 14.8. The maximum atomic E-state index is 12.4. The average Bonchev–Trinajstić information content (AvgIpc) is 2.76. The molecule has 0 radical (unpaired) electrons. The molecule has 0 heterocycles. The van der Waals surface area contributed by atoms with Crippen LogP contribution in [0, 0.1) is 28.6 Å². The van der Waals surface area contributed by atoms with Crippen LogP contribution in [0.1, 0.15) is 65.2 Å². The molecule has 0 aliphatic heterocycles. The molecule has 4 aliphatic rings. The van der Waals surface area contributed by atoms with E-state index in [9.17, 15) is 9.90 Å². The van der Waals surface area contributed by atoms with Gasteiger partial charge in [0.1, 0.15) is 5.78 Å². The number of ketones is 1. The van der Waals surface area contributed by atoms with Crippen LogP contribution in [0.3, 0.4) is 0 Å². The first-order valence-electron chi connectivity index (χ1n) is 8.88. The fourth-order valence-corrected chi connectivity index (χ4v) is 6.48. The van der Waals surface area contributed by atoms with Gasteiger partial charge in [0.2, 0.25) is 0 Å². The van der Waals surface area contributed by atoms with E-state index in [1.54, 1.807) is 0 Å². The molecule has 6 atom stereocenters. The highest BCUT2D eigenvalue weighted by molar-refractivity contribution is 5.87. The van der Waals surface area contributed by atoms with E-state index in [2.05, 4.69) is 19.9 Å². The van der Waals surface area contributed by atoms with Crippen LogP contribution in [0.4, 0.5) is 0 Å². The summed E-state index contributed by atoms with van der Waals surface area (Å²) in [6.07, 6.45) is 10.7. The van der Waals surface area contributed by atoms with Crippen molar-refractivity contribution in [1.82, 2.24) is 0 Å². The van der Waals surface area contributed by atoms with E-state index < -0.39 is 0 Å². The van der Waals surface area contributed by atoms with Crippen LogP contribution in [-0.2, 0) is 4.79 Å². The zero-order valence-corrected chi connectivity index (χ0v) is 13.4. The summed E-state index contributed by atoms with van der Waals surface area (Å²) in [4.78, 5) is 12.4. The Balaban J connectivity index is 1.69. The molecule has 21 heavy (non-hydrogen) atoms. The minimum Gasteiger partial charge on any atom is -0.389 e. The third kappa shape index (κ3) is 1.78. The molecule has 4 rings (SSSR count). The molecule has 2 heteroatoms. The van der Waals surface area contributed by atoms with E-state index in [4.69, 9.17) is 0 Å². The van der Waals surface area contributed by atoms with Crippen LogP contribution in [0.15, 0.2) is 11.6 Å². The van der Waals surface area contributed by atoms with Gasteiger partial charge >= 0.3 is 0 Å². The smallest absolute Gasteiger partial charge is 0.139 e. The summed E-state index contributed by atoms with van der Waals surface area (Å²) < 4.78 is 0. The van der Waals surface area contributed by atoms with E-state index in [1.165, 1.54) is 18.4 Å². The number of hydrogen-bond acceptors (Lipinski definition) is 2. The first-order chi connectivity index (χ1) is 9.95. The van der Waals surface area contributed by atoms with Crippen molar-refractivity contribution in [2.24, 2.45) is 28.6 Å². The van der Waals surface area contributed by atoms with Crippen LogP contribution in [-0.4, -0.2) is 17.0 Å². The summed E-state index contributed by atoms with van der Waals surface area (Å²) in [5.74, 6) is 2.66. The van der Waals surface area contributed by atoms with Crippen LogP contribution >= 0.6 is 0 Å². The first kappa shape index (κ1) is 14.0. The fourth-order valence-electron chi connectivity index (χ4n) is 6.48. The lowest BCUT2D eigenvalue weighted by molar-refractivity contribution is -0.132. The van der Waals surface area contributed by atoms with Crippen molar-refractivity contribution in [3.8, 4) is 0 Å². The number of hydrogen-bond donors (Lipinski definition) is 1. The quantitative estimate of drug-likeness (QED) is 0.687. The standard InChI is InChI=1S/C19H28O2/c1-18-9-7-13(20)11-12(18)3-4-14-15-5-6-17(21)19(15,2)10-8-16(14)18/h11,13-16,20H,3-10H2,1-2H3/t13-,14+,15+,16+,18+,19+/m1/s1. The van der Waals surface area contributed by atoms with Gasteiger partial charge in [0.15, 0.2) is 0 Å². The van der Waals surface area contributed by atoms with Gasteiger partial charge in [-0.3, -0.25) is 4.79 Å². The SMILES string of the molecule is C[C@]12CC[C@@H](O)C=C1CC[C@@H]1[C@@H]2CC[C@]2(C)C(=O)CC[C@@H]12. The molecule has 0 aromatic heterocycles. The highest BCUT2D eigenvalue weighted by Crippen LogP contribution is 2.64. The van der Waals surface area contributed by atoms with Gasteiger partial charge in [-0.1, -0.05) is 25.5 Å². The number of aliphatic hydroxyl groups excluding tert-OH is 1. The molecule has 2 nitrogen and oxygen atoms in total. The molecule has 116 valence electrons. The molecule has 0 bridgehead atoms. The molecule has 0 unspecified atom stereocenters. The third-order valence-electron chi connectivity index (χ3n) is 7.80. The molecule has 3 fully saturated rings. The second-order valence-electron chi connectivity index (χ2n) is 8.55. The van der Waals surface area contributed by atoms with Crippen LogP contribution in [0.2, 0.25) is 0 Å². The van der Waals surface area contributed by atoms with Crippen LogP contribution in [0.25, 0.3) is 0 Å². The number of carbonyl (C=O) groups is 1. The monoisotopic (exact) mass is 288 g/mol. The first-order valence-corrected chi connectivity index (χ1v) is 8.88. The second-order valence-corrected chi connectivity index (χ2v) is 8.55. The Labute approximate surface area is 128 Å². The minimum atomic E-state index is -0.216. The van der Waals surface area contributed by atoms with Gasteiger partial charge in [0.25, 0.3) is 0 Å². The highest BCUT2D eigenvalue weighted by atomic mass is 16.3. The van der Waals surface area contributed by atoms with Crippen LogP contribution in [0.5, 0.6) is 0 Å². The number of rotatable bonds is 0. The largest absolute Gasteiger partial charge is 0.389 e. The van der Waals surface area contributed by atoms with Gasteiger partial charge in [-0.2, -0.15) is 0 Å². The Morgan fingerprint density at radius 2 is 1.71 bits per heavy atom. The summed E-state index contributed by atoms with van der Waals surface area (Å²) >= 11 is 0. The van der Waals surface area contributed by atoms with Gasteiger partial charge in [0, 0.05) is 11.8 Å². The van der Waals surface area contributed by atoms with Gasteiger partial charge in [-0.15, -0.1) is 0 Å². The lowest BCUT2D eigenvalue weighted by Crippen LogP contribution is -2.50. The molecule has 0 aromatic rings. The molecule has 3 saturated carbocycles. The fraction of sp³-hybridized carbons (Fsp3) is 0.842. The summed E-state index contributed by atoms with van der Waals surface area (Å²) in [7, 11) is 0. The molecular weight excluding hydrogens is 260 g/mol. The van der Waals surface area contributed by atoms with Crippen molar-refractivity contribution in [3.05, 3.63) is 11.6 Å². The average molecular weight is 288 g/mol. The van der Waals surface area contributed by atoms with Crippen molar-refractivity contribution >= 4 is 5.78 Å². The van der Waals surface area contributed by atoms with Crippen molar-refractivity contribution < 1.29 is 9.90 Å². The number of allylic oxidation sites excluding steroid dienone is 1. The topological polar surface area (TPSA) is 37.3 Å². The normalized spacial score (nSPS) is 52.7. The van der Waals surface area contributed by atoms with E-state index in [0.29, 0.717) is 17.1 Å². The molecule has 0 spiro atoms. The van der Waals surface area contributed by atoms with Gasteiger partial charge in [0.05, 0.1) is 6.10 Å². The number of aliphatic hydroxyl groups is 1. The van der Waals surface area contributed by atoms with Gasteiger partial charge in [-0.05, 0) is 68.1 Å². The predicted molar refractivity (Wildman–Crippen MR) is 82.7 cm³/mol. The van der Waals surface area contributed by atoms with Crippen molar-refractivity contribution in [2.45, 2.75) is 71.3 Å². The lowest BCUT2D eigenvalue weighted by atomic mass is 9.47. The molecule has 0 saturated heterocycles. The highest BCUT2D eigenvalue weighted by Gasteiger charge is 2.58.